The summed E-state index contributed by atoms with van der Waals surface area (Å²) < 4.78 is 7.07. The van der Waals surface area contributed by atoms with Gasteiger partial charge in [0.15, 0.2) is 17.3 Å². The molecule has 0 saturated carbocycles. The highest BCUT2D eigenvalue weighted by atomic mass is 16.5. The van der Waals surface area contributed by atoms with Crippen LogP contribution in [0.15, 0.2) is 24.7 Å². The summed E-state index contributed by atoms with van der Waals surface area (Å²) >= 11 is 0. The lowest BCUT2D eigenvalue weighted by molar-refractivity contribution is 0.311. The summed E-state index contributed by atoms with van der Waals surface area (Å²) in [6, 6.07) is 3.85. The second kappa shape index (κ2) is 6.79. The molecule has 3 heterocycles. The van der Waals surface area contributed by atoms with Crippen molar-refractivity contribution in [2.24, 2.45) is 0 Å². The maximum absolute atomic E-state index is 9.08. The smallest absolute Gasteiger partial charge is 0.212 e. The summed E-state index contributed by atoms with van der Waals surface area (Å²) in [6.07, 6.45) is 3.43. The SMILES string of the molecule is COc1ccc(-c2nc(NCCO)c3ncn(C(C)C)c3n2)cn1. The first-order valence-corrected chi connectivity index (χ1v) is 7.73. The van der Waals surface area contributed by atoms with Gasteiger partial charge >= 0.3 is 0 Å². The van der Waals surface area contributed by atoms with E-state index in [9.17, 15) is 0 Å². The maximum Gasteiger partial charge on any atom is 0.212 e. The number of fused-ring (bicyclic) bond motifs is 1. The van der Waals surface area contributed by atoms with Crippen molar-refractivity contribution in [2.45, 2.75) is 19.9 Å². The molecule has 0 aliphatic rings. The predicted molar refractivity (Wildman–Crippen MR) is 91.1 cm³/mol. The van der Waals surface area contributed by atoms with Gasteiger partial charge in [0.05, 0.1) is 20.0 Å². The lowest BCUT2D eigenvalue weighted by atomic mass is 10.2. The van der Waals surface area contributed by atoms with E-state index in [1.807, 2.05) is 10.6 Å². The zero-order valence-corrected chi connectivity index (χ0v) is 13.9. The third-order valence-corrected chi connectivity index (χ3v) is 3.59. The first-order chi connectivity index (χ1) is 11.6. The van der Waals surface area contributed by atoms with E-state index in [0.717, 1.165) is 11.2 Å². The van der Waals surface area contributed by atoms with Crippen LogP contribution >= 0.6 is 0 Å². The molecule has 2 N–H and O–H groups in total. The minimum atomic E-state index is 0.00973. The molecule has 0 aliphatic heterocycles. The molecule has 3 aromatic heterocycles. The van der Waals surface area contributed by atoms with Crippen molar-refractivity contribution in [1.82, 2.24) is 24.5 Å². The molecular weight excluding hydrogens is 308 g/mol. The summed E-state index contributed by atoms with van der Waals surface area (Å²) in [6.45, 7) is 4.54. The molecule has 0 amide bonds. The molecule has 8 heteroatoms. The maximum atomic E-state index is 9.08. The lowest BCUT2D eigenvalue weighted by Crippen LogP contribution is -2.09. The number of hydrogen-bond donors (Lipinski definition) is 2. The molecule has 3 aromatic rings. The highest BCUT2D eigenvalue weighted by molar-refractivity contribution is 5.85. The minimum Gasteiger partial charge on any atom is -0.481 e. The fourth-order valence-electron chi connectivity index (χ4n) is 2.35. The second-order valence-corrected chi connectivity index (χ2v) is 5.55. The van der Waals surface area contributed by atoms with E-state index >= 15 is 0 Å². The van der Waals surface area contributed by atoms with Crippen LogP contribution < -0.4 is 10.1 Å². The van der Waals surface area contributed by atoms with Gasteiger partial charge in [-0.1, -0.05) is 0 Å². The van der Waals surface area contributed by atoms with Crippen LogP contribution in [-0.2, 0) is 0 Å². The van der Waals surface area contributed by atoms with Gasteiger partial charge in [-0.2, -0.15) is 0 Å². The van der Waals surface area contributed by atoms with E-state index < -0.39 is 0 Å². The number of rotatable bonds is 6. The average molecular weight is 328 g/mol. The van der Waals surface area contributed by atoms with Crippen molar-refractivity contribution in [1.29, 1.82) is 0 Å². The molecule has 24 heavy (non-hydrogen) atoms. The highest BCUT2D eigenvalue weighted by Gasteiger charge is 2.15. The van der Waals surface area contributed by atoms with E-state index in [0.29, 0.717) is 29.6 Å². The molecule has 0 atom stereocenters. The minimum absolute atomic E-state index is 0.00973. The van der Waals surface area contributed by atoms with Gasteiger partial charge in [-0.3, -0.25) is 0 Å². The standard InChI is InChI=1S/C16H20N6O2/c1-10(2)22-9-19-13-15(17-6-7-23)20-14(21-16(13)22)11-4-5-12(24-3)18-8-11/h4-5,8-10,23H,6-7H2,1-3H3,(H,17,20,21). The largest absolute Gasteiger partial charge is 0.481 e. The number of anilines is 1. The Hall–Kier alpha value is -2.74. The normalized spacial score (nSPS) is 11.2. The van der Waals surface area contributed by atoms with Gasteiger partial charge in [-0.15, -0.1) is 0 Å². The first kappa shape index (κ1) is 16.1. The average Bonchev–Trinajstić information content (AvgIpc) is 3.04. The van der Waals surface area contributed by atoms with Gasteiger partial charge in [0.1, 0.15) is 5.52 Å². The number of methoxy groups -OCH3 is 1. The molecule has 0 unspecified atom stereocenters. The van der Waals surface area contributed by atoms with Crippen molar-refractivity contribution >= 4 is 17.0 Å². The fraction of sp³-hybridized carbons (Fsp3) is 0.375. The van der Waals surface area contributed by atoms with E-state index in [1.165, 1.54) is 0 Å². The van der Waals surface area contributed by atoms with Gasteiger partial charge in [0, 0.05) is 30.4 Å². The summed E-state index contributed by atoms with van der Waals surface area (Å²) in [5.74, 6) is 1.67. The van der Waals surface area contributed by atoms with Crippen LogP contribution in [0.1, 0.15) is 19.9 Å². The summed E-state index contributed by atoms with van der Waals surface area (Å²) in [5.41, 5.74) is 2.20. The number of aliphatic hydroxyl groups is 1. The Kier molecular flexibility index (Phi) is 4.57. The fourth-order valence-corrected chi connectivity index (χ4v) is 2.35. The molecule has 0 spiro atoms. The number of hydrogen-bond acceptors (Lipinski definition) is 7. The van der Waals surface area contributed by atoms with Crippen LogP contribution in [-0.4, -0.2) is 49.9 Å². The van der Waals surface area contributed by atoms with Gasteiger partial charge in [-0.05, 0) is 19.9 Å². The quantitative estimate of drug-likeness (QED) is 0.713. The van der Waals surface area contributed by atoms with Crippen LogP contribution in [0.5, 0.6) is 5.88 Å². The van der Waals surface area contributed by atoms with Gasteiger partial charge in [0.2, 0.25) is 5.88 Å². The molecular formula is C16H20N6O2. The monoisotopic (exact) mass is 328 g/mol. The van der Waals surface area contributed by atoms with Crippen molar-refractivity contribution in [3.63, 3.8) is 0 Å². The Bertz CT molecular complexity index is 828. The van der Waals surface area contributed by atoms with Gasteiger partial charge in [-0.25, -0.2) is 19.9 Å². The number of nitrogens with zero attached hydrogens (tertiary/aromatic N) is 5. The lowest BCUT2D eigenvalue weighted by Gasteiger charge is -2.11. The number of ether oxygens (including phenoxy) is 1. The summed E-state index contributed by atoms with van der Waals surface area (Å²) in [5, 5.41) is 12.2. The Morgan fingerprint density at radius 1 is 1.25 bits per heavy atom. The third-order valence-electron chi connectivity index (χ3n) is 3.59. The Morgan fingerprint density at radius 2 is 2.08 bits per heavy atom. The molecule has 126 valence electrons. The first-order valence-electron chi connectivity index (χ1n) is 7.73. The predicted octanol–water partition coefficient (Wildman–Crippen LogP) is 1.88. The van der Waals surface area contributed by atoms with Crippen LogP contribution in [0.2, 0.25) is 0 Å². The van der Waals surface area contributed by atoms with Gasteiger partial charge in [0.25, 0.3) is 0 Å². The van der Waals surface area contributed by atoms with Crippen LogP contribution in [0.25, 0.3) is 22.6 Å². The second-order valence-electron chi connectivity index (χ2n) is 5.55. The Balaban J connectivity index is 2.13. The Labute approximate surface area is 139 Å². The molecule has 0 radical (unpaired) electrons. The van der Waals surface area contributed by atoms with Crippen molar-refractivity contribution in [2.75, 3.05) is 25.6 Å². The third kappa shape index (κ3) is 3.00. The highest BCUT2D eigenvalue weighted by Crippen LogP contribution is 2.26. The van der Waals surface area contributed by atoms with Crippen LogP contribution in [0.4, 0.5) is 5.82 Å². The number of pyridine rings is 1. The number of aliphatic hydroxyl groups excluding tert-OH is 1. The molecule has 0 aliphatic carbocycles. The van der Waals surface area contributed by atoms with E-state index in [4.69, 9.17) is 9.84 Å². The Morgan fingerprint density at radius 3 is 2.71 bits per heavy atom. The molecule has 0 bridgehead atoms. The van der Waals surface area contributed by atoms with E-state index in [-0.39, 0.29) is 12.6 Å². The van der Waals surface area contributed by atoms with Crippen molar-refractivity contribution in [3.05, 3.63) is 24.7 Å². The summed E-state index contributed by atoms with van der Waals surface area (Å²) in [7, 11) is 1.57. The topological polar surface area (TPSA) is 98.0 Å². The van der Waals surface area contributed by atoms with Gasteiger partial charge < -0.3 is 19.7 Å². The van der Waals surface area contributed by atoms with Crippen LogP contribution in [0.3, 0.4) is 0 Å². The molecule has 0 fully saturated rings. The zero-order chi connectivity index (χ0) is 17.1. The number of imidazole rings is 1. The van der Waals surface area contributed by atoms with Crippen LogP contribution in [0, 0.1) is 0 Å². The van der Waals surface area contributed by atoms with E-state index in [2.05, 4.69) is 39.1 Å². The van der Waals surface area contributed by atoms with E-state index in [1.54, 1.807) is 25.7 Å². The number of nitrogens with one attached hydrogen (secondary N) is 1. The van der Waals surface area contributed by atoms with Crippen molar-refractivity contribution < 1.29 is 9.84 Å². The zero-order valence-electron chi connectivity index (χ0n) is 13.9. The summed E-state index contributed by atoms with van der Waals surface area (Å²) in [4.78, 5) is 17.8. The molecule has 0 saturated heterocycles. The molecule has 3 rings (SSSR count). The molecule has 0 aromatic carbocycles. The number of aromatic nitrogens is 5. The molecule has 8 nitrogen and oxygen atoms in total. The van der Waals surface area contributed by atoms with Crippen molar-refractivity contribution in [3.8, 4) is 17.3 Å².